The van der Waals surface area contributed by atoms with Crippen LogP contribution in [-0.2, 0) is 6.54 Å². The van der Waals surface area contributed by atoms with Gasteiger partial charge in [0.15, 0.2) is 0 Å². The van der Waals surface area contributed by atoms with Crippen LogP contribution in [0.4, 0.5) is 0 Å². The number of aromatic nitrogens is 2. The topological polar surface area (TPSA) is 29.9 Å². The zero-order valence-corrected chi connectivity index (χ0v) is 14.7. The van der Waals surface area contributed by atoms with Gasteiger partial charge in [0, 0.05) is 17.8 Å². The van der Waals surface area contributed by atoms with Crippen molar-refractivity contribution in [2.24, 2.45) is 17.8 Å². The zero-order chi connectivity index (χ0) is 15.6. The Labute approximate surface area is 130 Å². The van der Waals surface area contributed by atoms with Gasteiger partial charge in [0.1, 0.15) is 0 Å². The maximum Gasteiger partial charge on any atom is 0.0641 e. The summed E-state index contributed by atoms with van der Waals surface area (Å²) in [6.45, 7) is 15.7. The molecule has 1 aromatic heterocycles. The molecule has 21 heavy (non-hydrogen) atoms. The van der Waals surface area contributed by atoms with Gasteiger partial charge in [-0.05, 0) is 57.4 Å². The van der Waals surface area contributed by atoms with Gasteiger partial charge in [0.25, 0.3) is 0 Å². The molecule has 1 fully saturated rings. The first-order valence-electron chi connectivity index (χ1n) is 8.65. The first-order chi connectivity index (χ1) is 9.90. The van der Waals surface area contributed by atoms with Crippen LogP contribution < -0.4 is 5.32 Å². The highest BCUT2D eigenvalue weighted by molar-refractivity contribution is 5.25. The molecule has 1 aromatic rings. The molecule has 120 valence electrons. The van der Waals surface area contributed by atoms with Gasteiger partial charge >= 0.3 is 0 Å². The molecule has 1 heterocycles. The molecule has 1 saturated carbocycles. The van der Waals surface area contributed by atoms with Gasteiger partial charge in [-0.3, -0.25) is 4.68 Å². The summed E-state index contributed by atoms with van der Waals surface area (Å²) in [6.07, 6.45) is 3.90. The van der Waals surface area contributed by atoms with Crippen molar-refractivity contribution in [2.75, 3.05) is 6.54 Å². The number of nitrogens with zero attached hydrogens (tertiary/aromatic N) is 2. The lowest BCUT2D eigenvalue weighted by atomic mass is 9.79. The maximum absolute atomic E-state index is 4.87. The predicted molar refractivity (Wildman–Crippen MR) is 89.5 cm³/mol. The lowest BCUT2D eigenvalue weighted by Crippen LogP contribution is -2.25. The smallest absolute Gasteiger partial charge is 0.0641 e. The average Bonchev–Trinajstić information content (AvgIpc) is 2.69. The van der Waals surface area contributed by atoms with Crippen molar-refractivity contribution < 1.29 is 0 Å². The lowest BCUT2D eigenvalue weighted by Gasteiger charge is -2.32. The third kappa shape index (κ3) is 3.88. The zero-order valence-electron chi connectivity index (χ0n) is 14.7. The van der Waals surface area contributed by atoms with Crippen molar-refractivity contribution in [1.82, 2.24) is 15.1 Å². The Bertz CT molecular complexity index is 461. The summed E-state index contributed by atoms with van der Waals surface area (Å²) in [5.41, 5.74) is 3.98. The molecule has 0 radical (unpaired) electrons. The number of hydrogen-bond donors (Lipinski definition) is 1. The van der Waals surface area contributed by atoms with Gasteiger partial charge in [-0.15, -0.1) is 0 Å². The van der Waals surface area contributed by atoms with Crippen LogP contribution in [0.1, 0.15) is 70.0 Å². The van der Waals surface area contributed by atoms with Gasteiger partial charge in [-0.1, -0.05) is 27.7 Å². The van der Waals surface area contributed by atoms with E-state index in [1.807, 2.05) is 0 Å². The Kier molecular flexibility index (Phi) is 5.48. The predicted octanol–water partition coefficient (Wildman–Crippen LogP) is 4.24. The summed E-state index contributed by atoms with van der Waals surface area (Å²) in [4.78, 5) is 0. The summed E-state index contributed by atoms with van der Waals surface area (Å²) in [7, 11) is 0. The molecule has 0 spiro atoms. The highest BCUT2D eigenvalue weighted by Crippen LogP contribution is 2.37. The van der Waals surface area contributed by atoms with E-state index in [0.29, 0.717) is 12.0 Å². The molecule has 2 rings (SSSR count). The van der Waals surface area contributed by atoms with Crippen molar-refractivity contribution in [3.63, 3.8) is 0 Å². The van der Waals surface area contributed by atoms with E-state index in [2.05, 4.69) is 51.5 Å². The van der Waals surface area contributed by atoms with Crippen LogP contribution in [0.2, 0.25) is 0 Å². The molecule has 0 bridgehead atoms. The minimum atomic E-state index is 0.605. The fourth-order valence-electron chi connectivity index (χ4n) is 3.54. The van der Waals surface area contributed by atoms with Crippen molar-refractivity contribution in [3.8, 4) is 0 Å². The highest BCUT2D eigenvalue weighted by Gasteiger charge is 2.27. The van der Waals surface area contributed by atoms with Gasteiger partial charge in [-0.2, -0.15) is 5.10 Å². The molecule has 1 aliphatic rings. The Morgan fingerprint density at radius 1 is 1.19 bits per heavy atom. The largest absolute Gasteiger partial charge is 0.312 e. The first kappa shape index (κ1) is 16.5. The Balaban J connectivity index is 2.08. The molecule has 3 heteroatoms. The van der Waals surface area contributed by atoms with E-state index in [-0.39, 0.29) is 0 Å². The van der Waals surface area contributed by atoms with Crippen molar-refractivity contribution in [3.05, 3.63) is 17.0 Å². The number of nitrogens with one attached hydrogen (secondary N) is 1. The molecule has 3 unspecified atom stereocenters. The van der Waals surface area contributed by atoms with E-state index in [1.54, 1.807) is 0 Å². The third-order valence-electron chi connectivity index (χ3n) is 5.25. The molecule has 0 aliphatic heterocycles. The quantitative estimate of drug-likeness (QED) is 0.879. The Morgan fingerprint density at radius 3 is 2.52 bits per heavy atom. The molecule has 1 aliphatic carbocycles. The van der Waals surface area contributed by atoms with Gasteiger partial charge in [-0.25, -0.2) is 0 Å². The second-order valence-corrected chi connectivity index (χ2v) is 7.54. The monoisotopic (exact) mass is 291 g/mol. The Morgan fingerprint density at radius 2 is 1.90 bits per heavy atom. The van der Waals surface area contributed by atoms with Crippen LogP contribution in [0.5, 0.6) is 0 Å². The highest BCUT2D eigenvalue weighted by atomic mass is 15.3. The number of aryl methyl sites for hydroxylation is 1. The van der Waals surface area contributed by atoms with Crippen LogP contribution in [0.3, 0.4) is 0 Å². The summed E-state index contributed by atoms with van der Waals surface area (Å²) in [6, 6.07) is 0.605. The fourth-order valence-corrected chi connectivity index (χ4v) is 3.54. The first-order valence-corrected chi connectivity index (χ1v) is 8.65. The second kappa shape index (κ2) is 6.95. The molecular weight excluding hydrogens is 258 g/mol. The van der Waals surface area contributed by atoms with E-state index in [1.165, 1.54) is 36.2 Å². The van der Waals surface area contributed by atoms with Crippen LogP contribution in [0.15, 0.2) is 0 Å². The summed E-state index contributed by atoms with van der Waals surface area (Å²) < 4.78 is 2.32. The molecule has 1 N–H and O–H groups in total. The fraction of sp³-hybridized carbons (Fsp3) is 0.833. The van der Waals surface area contributed by atoms with Crippen LogP contribution >= 0.6 is 0 Å². The number of rotatable bonds is 5. The molecule has 3 atom stereocenters. The Hall–Kier alpha value is -0.830. The van der Waals surface area contributed by atoms with Gasteiger partial charge in [0.2, 0.25) is 0 Å². The van der Waals surface area contributed by atoms with E-state index < -0.39 is 0 Å². The van der Waals surface area contributed by atoms with Crippen molar-refractivity contribution >= 4 is 0 Å². The minimum absolute atomic E-state index is 0.605. The van der Waals surface area contributed by atoms with E-state index >= 15 is 0 Å². The van der Waals surface area contributed by atoms with Crippen LogP contribution in [0, 0.1) is 31.6 Å². The maximum atomic E-state index is 4.87. The normalized spacial score (nSPS) is 26.5. The molecule has 0 saturated heterocycles. The summed E-state index contributed by atoms with van der Waals surface area (Å²) in [5, 5.41) is 8.43. The summed E-state index contributed by atoms with van der Waals surface area (Å²) in [5.74, 6) is 2.38. The molecule has 3 nitrogen and oxygen atoms in total. The van der Waals surface area contributed by atoms with E-state index in [0.717, 1.165) is 24.9 Å². The molecular formula is C18H33N3. The van der Waals surface area contributed by atoms with Gasteiger partial charge in [0.05, 0.1) is 11.7 Å². The molecule has 0 aromatic carbocycles. The summed E-state index contributed by atoms with van der Waals surface area (Å²) >= 11 is 0. The molecule has 0 amide bonds. The minimum Gasteiger partial charge on any atom is -0.312 e. The number of hydrogen-bond acceptors (Lipinski definition) is 2. The van der Waals surface area contributed by atoms with Crippen molar-refractivity contribution in [2.45, 2.75) is 73.4 Å². The van der Waals surface area contributed by atoms with Crippen LogP contribution in [0.25, 0.3) is 0 Å². The van der Waals surface area contributed by atoms with Crippen LogP contribution in [-0.4, -0.2) is 16.3 Å². The van der Waals surface area contributed by atoms with E-state index in [4.69, 9.17) is 5.10 Å². The third-order valence-corrected chi connectivity index (χ3v) is 5.25. The SMILES string of the molecule is Cc1nn(C2CCC(C)C(C)C2)c(C)c1CNCC(C)C. The van der Waals surface area contributed by atoms with Crippen molar-refractivity contribution in [1.29, 1.82) is 0 Å². The van der Waals surface area contributed by atoms with Gasteiger partial charge < -0.3 is 5.32 Å². The average molecular weight is 291 g/mol. The second-order valence-electron chi connectivity index (χ2n) is 7.54. The standard InChI is InChI=1S/C18H33N3/c1-12(2)10-19-11-18-15(5)20-21(16(18)6)17-8-7-13(3)14(4)9-17/h12-14,17,19H,7-11H2,1-6H3. The van der Waals surface area contributed by atoms with E-state index in [9.17, 15) is 0 Å². The lowest BCUT2D eigenvalue weighted by molar-refractivity contribution is 0.198.